The number of hydrogen-bond donors (Lipinski definition) is 2. The summed E-state index contributed by atoms with van der Waals surface area (Å²) < 4.78 is 0. The average Bonchev–Trinajstić information content (AvgIpc) is 2.45. The lowest BCUT2D eigenvalue weighted by Crippen LogP contribution is -2.45. The molecule has 1 heterocycles. The second-order valence-electron chi connectivity index (χ2n) is 5.30. The van der Waals surface area contributed by atoms with Gasteiger partial charge in [0, 0.05) is 24.7 Å². The zero-order chi connectivity index (χ0) is 15.0. The molecule has 1 aromatic rings. The van der Waals surface area contributed by atoms with Crippen LogP contribution in [0, 0.1) is 5.92 Å². The van der Waals surface area contributed by atoms with Gasteiger partial charge in [-0.15, -0.1) is 11.8 Å². The number of rotatable bonds is 8. The van der Waals surface area contributed by atoms with Gasteiger partial charge in [0.1, 0.15) is 0 Å². The lowest BCUT2D eigenvalue weighted by molar-refractivity contribution is -0.120. The van der Waals surface area contributed by atoms with Crippen LogP contribution >= 0.6 is 11.8 Å². The Morgan fingerprint density at radius 3 is 2.95 bits per heavy atom. The van der Waals surface area contributed by atoms with Crippen LogP contribution in [-0.2, 0) is 10.5 Å². The van der Waals surface area contributed by atoms with Gasteiger partial charge in [-0.1, -0.05) is 26.3 Å². The molecule has 0 saturated heterocycles. The van der Waals surface area contributed by atoms with E-state index in [1.54, 1.807) is 31.1 Å². The van der Waals surface area contributed by atoms with E-state index in [9.17, 15) is 9.90 Å². The molecule has 0 aliphatic heterocycles. The van der Waals surface area contributed by atoms with Crippen molar-refractivity contribution in [3.05, 3.63) is 30.1 Å². The Morgan fingerprint density at radius 1 is 1.60 bits per heavy atom. The lowest BCUT2D eigenvalue weighted by atomic mass is 9.89. The molecule has 1 amide bonds. The predicted octanol–water partition coefficient (Wildman–Crippen LogP) is 2.23. The fourth-order valence-corrected chi connectivity index (χ4v) is 2.48. The highest BCUT2D eigenvalue weighted by Gasteiger charge is 2.27. The number of carbonyl (C=O) groups is 1. The lowest BCUT2D eigenvalue weighted by Gasteiger charge is -2.29. The van der Waals surface area contributed by atoms with Gasteiger partial charge >= 0.3 is 0 Å². The highest BCUT2D eigenvalue weighted by Crippen LogP contribution is 2.19. The normalized spacial score (nSPS) is 15.4. The van der Waals surface area contributed by atoms with Crippen molar-refractivity contribution in [2.24, 2.45) is 5.92 Å². The van der Waals surface area contributed by atoms with Crippen LogP contribution in [0.2, 0.25) is 0 Å². The van der Waals surface area contributed by atoms with E-state index in [1.165, 1.54) is 0 Å². The molecule has 0 aromatic carbocycles. The molecule has 0 spiro atoms. The van der Waals surface area contributed by atoms with Crippen molar-refractivity contribution >= 4 is 17.7 Å². The van der Waals surface area contributed by atoms with Crippen LogP contribution in [0.4, 0.5) is 0 Å². The van der Waals surface area contributed by atoms with Gasteiger partial charge in [0.2, 0.25) is 5.91 Å². The first kappa shape index (κ1) is 17.0. The Kier molecular flexibility index (Phi) is 7.02. The minimum Gasteiger partial charge on any atom is -0.388 e. The second-order valence-corrected chi connectivity index (χ2v) is 6.28. The highest BCUT2D eigenvalue weighted by molar-refractivity contribution is 7.99. The molecular weight excluding hydrogens is 272 g/mol. The summed E-state index contributed by atoms with van der Waals surface area (Å²) in [6.07, 6.45) is 4.43. The maximum Gasteiger partial charge on any atom is 0.230 e. The average molecular weight is 296 g/mol. The minimum atomic E-state index is -0.849. The minimum absolute atomic E-state index is 0.0394. The number of nitrogens with zero attached hydrogens (tertiary/aromatic N) is 1. The molecule has 0 fully saturated rings. The van der Waals surface area contributed by atoms with Gasteiger partial charge in [0.15, 0.2) is 0 Å². The Morgan fingerprint density at radius 2 is 2.35 bits per heavy atom. The summed E-state index contributed by atoms with van der Waals surface area (Å²) in [5.41, 5.74) is 0.259. The van der Waals surface area contributed by atoms with Crippen molar-refractivity contribution in [2.45, 2.75) is 38.5 Å². The summed E-state index contributed by atoms with van der Waals surface area (Å²) in [6.45, 7) is 6.09. The quantitative estimate of drug-likeness (QED) is 0.772. The van der Waals surface area contributed by atoms with E-state index >= 15 is 0 Å². The molecular formula is C15H24N2O2S. The highest BCUT2D eigenvalue weighted by atomic mass is 32.2. The van der Waals surface area contributed by atoms with Crippen molar-refractivity contribution in [1.29, 1.82) is 0 Å². The molecule has 20 heavy (non-hydrogen) atoms. The fourth-order valence-electron chi connectivity index (χ4n) is 1.69. The molecule has 112 valence electrons. The summed E-state index contributed by atoms with van der Waals surface area (Å²) in [5, 5.41) is 13.0. The van der Waals surface area contributed by atoms with Crippen molar-refractivity contribution in [2.75, 3.05) is 12.3 Å². The van der Waals surface area contributed by atoms with Crippen LogP contribution in [0.5, 0.6) is 0 Å². The second kappa shape index (κ2) is 8.27. The summed E-state index contributed by atoms with van der Waals surface area (Å²) in [6, 6.07) is 3.88. The summed E-state index contributed by atoms with van der Waals surface area (Å²) in [5.74, 6) is 1.28. The molecule has 2 atom stereocenters. The summed E-state index contributed by atoms with van der Waals surface area (Å²) in [7, 11) is 0. The standard InChI is InChI=1S/C15H24N2O2S/c1-4-12(2)15(3,19)11-17-14(18)10-20-9-13-6-5-7-16-8-13/h5-8,12,19H,4,9-11H2,1-3H3,(H,17,18). The Balaban J connectivity index is 2.24. The first-order valence-corrected chi connectivity index (χ1v) is 8.07. The van der Waals surface area contributed by atoms with Gasteiger partial charge in [-0.2, -0.15) is 0 Å². The predicted molar refractivity (Wildman–Crippen MR) is 83.5 cm³/mol. The van der Waals surface area contributed by atoms with E-state index in [2.05, 4.69) is 10.3 Å². The van der Waals surface area contributed by atoms with E-state index in [0.29, 0.717) is 12.3 Å². The molecule has 0 saturated carbocycles. The van der Waals surface area contributed by atoms with Crippen molar-refractivity contribution < 1.29 is 9.90 Å². The number of carbonyl (C=O) groups excluding carboxylic acids is 1. The van der Waals surface area contributed by atoms with Crippen LogP contribution in [0.25, 0.3) is 0 Å². The van der Waals surface area contributed by atoms with E-state index < -0.39 is 5.60 Å². The SMILES string of the molecule is CCC(C)C(C)(O)CNC(=O)CSCc1cccnc1. The van der Waals surface area contributed by atoms with Gasteiger partial charge in [-0.05, 0) is 24.5 Å². The molecule has 0 aliphatic rings. The molecule has 0 radical (unpaired) electrons. The third-order valence-corrected chi connectivity index (χ3v) is 4.55. The van der Waals surface area contributed by atoms with Gasteiger partial charge in [0.25, 0.3) is 0 Å². The Bertz CT molecular complexity index is 410. The Hall–Kier alpha value is -1.07. The largest absolute Gasteiger partial charge is 0.388 e. The van der Waals surface area contributed by atoms with Crippen LogP contribution in [0.15, 0.2) is 24.5 Å². The molecule has 2 N–H and O–H groups in total. The van der Waals surface area contributed by atoms with Gasteiger partial charge in [-0.25, -0.2) is 0 Å². The van der Waals surface area contributed by atoms with Crippen LogP contribution in [0.3, 0.4) is 0 Å². The monoisotopic (exact) mass is 296 g/mol. The maximum absolute atomic E-state index is 11.7. The molecule has 5 heteroatoms. The summed E-state index contributed by atoms with van der Waals surface area (Å²) >= 11 is 1.55. The molecule has 4 nitrogen and oxygen atoms in total. The van der Waals surface area contributed by atoms with E-state index in [4.69, 9.17) is 0 Å². The zero-order valence-corrected chi connectivity index (χ0v) is 13.2. The van der Waals surface area contributed by atoms with Gasteiger partial charge < -0.3 is 10.4 Å². The molecule has 1 rings (SSSR count). The number of hydrogen-bond acceptors (Lipinski definition) is 4. The Labute approximate surface area is 125 Å². The smallest absolute Gasteiger partial charge is 0.230 e. The third-order valence-electron chi connectivity index (χ3n) is 3.54. The topological polar surface area (TPSA) is 62.2 Å². The van der Waals surface area contributed by atoms with Gasteiger partial charge in [0.05, 0.1) is 11.4 Å². The van der Waals surface area contributed by atoms with Crippen LogP contribution in [0.1, 0.15) is 32.8 Å². The van der Waals surface area contributed by atoms with Gasteiger partial charge in [-0.3, -0.25) is 9.78 Å². The van der Waals surface area contributed by atoms with Crippen LogP contribution < -0.4 is 5.32 Å². The van der Waals surface area contributed by atoms with E-state index in [-0.39, 0.29) is 11.8 Å². The number of aliphatic hydroxyl groups is 1. The fraction of sp³-hybridized carbons (Fsp3) is 0.600. The molecule has 0 aliphatic carbocycles. The summed E-state index contributed by atoms with van der Waals surface area (Å²) in [4.78, 5) is 15.8. The van der Waals surface area contributed by atoms with Crippen molar-refractivity contribution in [3.63, 3.8) is 0 Å². The number of amides is 1. The third kappa shape index (κ3) is 5.92. The first-order chi connectivity index (χ1) is 9.45. The number of nitrogens with one attached hydrogen (secondary N) is 1. The molecule has 1 aromatic heterocycles. The maximum atomic E-state index is 11.7. The van der Waals surface area contributed by atoms with Crippen LogP contribution in [-0.4, -0.2) is 33.9 Å². The van der Waals surface area contributed by atoms with E-state index in [1.807, 2.05) is 26.0 Å². The van der Waals surface area contributed by atoms with E-state index in [0.717, 1.165) is 17.7 Å². The molecule has 2 unspecified atom stereocenters. The zero-order valence-electron chi connectivity index (χ0n) is 12.4. The van der Waals surface area contributed by atoms with Crippen molar-refractivity contribution in [3.8, 4) is 0 Å². The number of pyridine rings is 1. The number of thioether (sulfide) groups is 1. The number of aromatic nitrogens is 1. The van der Waals surface area contributed by atoms with Crippen molar-refractivity contribution in [1.82, 2.24) is 10.3 Å². The first-order valence-electron chi connectivity index (χ1n) is 6.91. The molecule has 0 bridgehead atoms.